The SMILES string of the molecule is CC1CC(C(=O)O)CN(C(=O)NC2CC3CCC2O3)C1. The normalized spacial score (nSPS) is 39.9. The van der Waals surface area contributed by atoms with Crippen LogP contribution in [0, 0.1) is 11.8 Å². The third-order valence-electron chi connectivity index (χ3n) is 4.71. The molecule has 0 aromatic rings. The van der Waals surface area contributed by atoms with Crippen molar-refractivity contribution in [2.24, 2.45) is 11.8 Å². The molecule has 3 heterocycles. The molecule has 0 aromatic heterocycles. The molecule has 2 amide bonds. The number of hydrogen-bond acceptors (Lipinski definition) is 3. The van der Waals surface area contributed by atoms with Gasteiger partial charge in [0.15, 0.2) is 0 Å². The van der Waals surface area contributed by atoms with E-state index in [0.717, 1.165) is 19.3 Å². The van der Waals surface area contributed by atoms with E-state index in [1.165, 1.54) is 0 Å². The molecule has 3 saturated heterocycles. The molecule has 0 aliphatic carbocycles. The number of carbonyl (C=O) groups excluding carboxylic acids is 1. The summed E-state index contributed by atoms with van der Waals surface area (Å²) in [6.07, 6.45) is 4.11. The summed E-state index contributed by atoms with van der Waals surface area (Å²) in [6.45, 7) is 2.94. The largest absolute Gasteiger partial charge is 0.481 e. The Kier molecular flexibility index (Phi) is 3.58. The number of nitrogens with one attached hydrogen (secondary N) is 1. The van der Waals surface area contributed by atoms with Crippen LogP contribution in [0.3, 0.4) is 0 Å². The van der Waals surface area contributed by atoms with Gasteiger partial charge in [0.25, 0.3) is 0 Å². The highest BCUT2D eigenvalue weighted by Gasteiger charge is 2.42. The van der Waals surface area contributed by atoms with Crippen LogP contribution in [-0.4, -0.2) is 53.3 Å². The smallest absolute Gasteiger partial charge is 0.317 e. The summed E-state index contributed by atoms with van der Waals surface area (Å²) in [5.74, 6) is -1.02. The van der Waals surface area contributed by atoms with Crippen LogP contribution in [0.25, 0.3) is 0 Å². The number of carboxylic acid groups (broad SMARTS) is 1. The fourth-order valence-electron chi connectivity index (χ4n) is 3.74. The number of ether oxygens (including phenoxy) is 1. The quantitative estimate of drug-likeness (QED) is 0.793. The molecule has 112 valence electrons. The van der Waals surface area contributed by atoms with Gasteiger partial charge in [-0.05, 0) is 31.6 Å². The maximum atomic E-state index is 12.3. The Morgan fingerprint density at radius 2 is 2.05 bits per heavy atom. The van der Waals surface area contributed by atoms with Crippen molar-refractivity contribution in [3.8, 4) is 0 Å². The van der Waals surface area contributed by atoms with Gasteiger partial charge < -0.3 is 20.1 Å². The lowest BCUT2D eigenvalue weighted by molar-refractivity contribution is -0.143. The first-order valence-corrected chi connectivity index (χ1v) is 7.46. The maximum absolute atomic E-state index is 12.3. The van der Waals surface area contributed by atoms with Gasteiger partial charge in [0.05, 0.1) is 24.2 Å². The minimum atomic E-state index is -0.808. The lowest BCUT2D eigenvalue weighted by Crippen LogP contribution is -2.53. The number of hydrogen-bond donors (Lipinski definition) is 2. The molecular formula is C14H22N2O4. The Morgan fingerprint density at radius 1 is 1.25 bits per heavy atom. The fraction of sp³-hybridized carbons (Fsp3) is 0.857. The van der Waals surface area contributed by atoms with Crippen LogP contribution in [0.4, 0.5) is 4.79 Å². The van der Waals surface area contributed by atoms with Gasteiger partial charge in [-0.3, -0.25) is 4.79 Å². The third-order valence-corrected chi connectivity index (χ3v) is 4.71. The Hall–Kier alpha value is -1.30. The average Bonchev–Trinajstić information content (AvgIpc) is 3.00. The average molecular weight is 282 g/mol. The first-order valence-electron chi connectivity index (χ1n) is 7.46. The minimum absolute atomic E-state index is 0.0989. The third kappa shape index (κ3) is 2.61. The Morgan fingerprint density at radius 3 is 2.65 bits per heavy atom. The second kappa shape index (κ2) is 5.24. The van der Waals surface area contributed by atoms with E-state index in [9.17, 15) is 9.59 Å². The molecule has 3 aliphatic heterocycles. The van der Waals surface area contributed by atoms with Crippen LogP contribution in [0.1, 0.15) is 32.6 Å². The molecule has 5 atom stereocenters. The standard InChI is InChI=1S/C14H22N2O4/c1-8-4-9(13(17)18)7-16(6-8)14(19)15-11-5-10-2-3-12(11)20-10/h8-12H,2-7H2,1H3,(H,15,19)(H,17,18). The van der Waals surface area contributed by atoms with E-state index >= 15 is 0 Å². The lowest BCUT2D eigenvalue weighted by Gasteiger charge is -2.35. The molecule has 3 fully saturated rings. The zero-order valence-corrected chi connectivity index (χ0v) is 11.7. The number of carboxylic acids is 1. The van der Waals surface area contributed by atoms with Crippen LogP contribution in [0.15, 0.2) is 0 Å². The lowest BCUT2D eigenvalue weighted by atomic mass is 9.90. The second-order valence-electron chi connectivity index (χ2n) is 6.45. The zero-order chi connectivity index (χ0) is 14.3. The van der Waals surface area contributed by atoms with Gasteiger partial charge >= 0.3 is 12.0 Å². The van der Waals surface area contributed by atoms with Gasteiger partial charge in [0.1, 0.15) is 0 Å². The topological polar surface area (TPSA) is 78.9 Å². The number of amides is 2. The van der Waals surface area contributed by atoms with E-state index in [1.807, 2.05) is 6.92 Å². The summed E-state index contributed by atoms with van der Waals surface area (Å²) in [6, 6.07) is -0.0364. The number of likely N-dealkylation sites (tertiary alicyclic amines) is 1. The molecule has 2 bridgehead atoms. The van der Waals surface area contributed by atoms with Crippen molar-refractivity contribution in [1.29, 1.82) is 0 Å². The highest BCUT2D eigenvalue weighted by Crippen LogP contribution is 2.34. The summed E-state index contributed by atoms with van der Waals surface area (Å²) in [5, 5.41) is 12.2. The van der Waals surface area contributed by atoms with Crippen LogP contribution >= 0.6 is 0 Å². The van der Waals surface area contributed by atoms with E-state index in [2.05, 4.69) is 5.32 Å². The molecule has 0 saturated carbocycles. The van der Waals surface area contributed by atoms with Gasteiger partial charge in [-0.1, -0.05) is 6.92 Å². The first-order chi connectivity index (χ1) is 9.52. The Balaban J connectivity index is 1.57. The molecule has 6 heteroatoms. The summed E-state index contributed by atoms with van der Waals surface area (Å²) in [4.78, 5) is 25.1. The zero-order valence-electron chi connectivity index (χ0n) is 11.7. The maximum Gasteiger partial charge on any atom is 0.317 e. The number of aliphatic carboxylic acids is 1. The summed E-state index contributed by atoms with van der Waals surface area (Å²) >= 11 is 0. The van der Waals surface area contributed by atoms with Gasteiger partial charge in [0, 0.05) is 13.1 Å². The molecule has 20 heavy (non-hydrogen) atoms. The van der Waals surface area contributed by atoms with Crippen molar-refractivity contribution in [2.45, 2.75) is 50.9 Å². The van der Waals surface area contributed by atoms with Crippen LogP contribution < -0.4 is 5.32 Å². The van der Waals surface area contributed by atoms with Crippen molar-refractivity contribution in [3.63, 3.8) is 0 Å². The predicted octanol–water partition coefficient (Wildman–Crippen LogP) is 1.06. The number of rotatable bonds is 2. The van der Waals surface area contributed by atoms with E-state index in [-0.39, 0.29) is 24.1 Å². The molecule has 0 spiro atoms. The summed E-state index contributed by atoms with van der Waals surface area (Å²) < 4.78 is 5.73. The van der Waals surface area contributed by atoms with Crippen LogP contribution in [-0.2, 0) is 9.53 Å². The van der Waals surface area contributed by atoms with Crippen molar-refractivity contribution in [3.05, 3.63) is 0 Å². The monoisotopic (exact) mass is 282 g/mol. The van der Waals surface area contributed by atoms with Crippen molar-refractivity contribution < 1.29 is 19.4 Å². The van der Waals surface area contributed by atoms with Gasteiger partial charge in [0.2, 0.25) is 0 Å². The number of piperidine rings is 1. The predicted molar refractivity (Wildman–Crippen MR) is 71.3 cm³/mol. The molecule has 6 nitrogen and oxygen atoms in total. The fourth-order valence-corrected chi connectivity index (χ4v) is 3.74. The number of carbonyl (C=O) groups is 2. The van der Waals surface area contributed by atoms with E-state index in [1.54, 1.807) is 4.90 Å². The molecular weight excluding hydrogens is 260 g/mol. The number of urea groups is 1. The summed E-state index contributed by atoms with van der Waals surface area (Å²) in [7, 11) is 0. The first kappa shape index (κ1) is 13.7. The highest BCUT2D eigenvalue weighted by molar-refractivity contribution is 5.77. The number of fused-ring (bicyclic) bond motifs is 2. The molecule has 3 rings (SSSR count). The Bertz CT molecular complexity index is 414. The van der Waals surface area contributed by atoms with Gasteiger partial charge in [-0.25, -0.2) is 4.79 Å². The molecule has 3 aliphatic rings. The summed E-state index contributed by atoms with van der Waals surface area (Å²) in [5.41, 5.74) is 0. The molecule has 0 radical (unpaired) electrons. The van der Waals surface area contributed by atoms with E-state index in [0.29, 0.717) is 25.6 Å². The molecule has 5 unspecified atom stereocenters. The van der Waals surface area contributed by atoms with Crippen LogP contribution in [0.5, 0.6) is 0 Å². The number of nitrogens with zero attached hydrogens (tertiary/aromatic N) is 1. The van der Waals surface area contributed by atoms with Crippen molar-refractivity contribution in [1.82, 2.24) is 10.2 Å². The highest BCUT2D eigenvalue weighted by atomic mass is 16.5. The molecule has 2 N–H and O–H groups in total. The van der Waals surface area contributed by atoms with E-state index < -0.39 is 11.9 Å². The van der Waals surface area contributed by atoms with Gasteiger partial charge in [-0.15, -0.1) is 0 Å². The van der Waals surface area contributed by atoms with Crippen LogP contribution in [0.2, 0.25) is 0 Å². The Labute approximate surface area is 118 Å². The minimum Gasteiger partial charge on any atom is -0.481 e. The second-order valence-corrected chi connectivity index (χ2v) is 6.45. The molecule has 0 aromatic carbocycles. The van der Waals surface area contributed by atoms with Gasteiger partial charge in [-0.2, -0.15) is 0 Å². The van der Waals surface area contributed by atoms with Crippen molar-refractivity contribution >= 4 is 12.0 Å². The van der Waals surface area contributed by atoms with E-state index in [4.69, 9.17) is 9.84 Å². The van der Waals surface area contributed by atoms with Crippen molar-refractivity contribution in [2.75, 3.05) is 13.1 Å².